The van der Waals surface area contributed by atoms with Crippen LogP contribution in [0.15, 0.2) is 70.3 Å². The van der Waals surface area contributed by atoms with E-state index in [0.29, 0.717) is 40.7 Å². The van der Waals surface area contributed by atoms with E-state index in [4.69, 9.17) is 14.0 Å². The Labute approximate surface area is 194 Å². The van der Waals surface area contributed by atoms with Crippen LogP contribution in [0.25, 0.3) is 0 Å². The van der Waals surface area contributed by atoms with Crippen LogP contribution in [0.4, 0.5) is 5.82 Å². The van der Waals surface area contributed by atoms with Crippen LogP contribution < -0.4 is 14.8 Å². The summed E-state index contributed by atoms with van der Waals surface area (Å²) >= 11 is 1.30. The number of carbonyl (C=O) groups excluding carboxylic acids is 1. The number of ether oxygens (including phenoxy) is 2. The smallest absolute Gasteiger partial charge is 0.243 e. The normalized spacial score (nSPS) is 15.8. The molecule has 0 bridgehead atoms. The monoisotopic (exact) mass is 463 g/mol. The van der Waals surface area contributed by atoms with E-state index in [1.165, 1.54) is 11.8 Å². The number of thioether (sulfide) groups is 1. The number of hydrogen-bond acceptors (Lipinski definition) is 8. The van der Waals surface area contributed by atoms with Gasteiger partial charge in [-0.05, 0) is 24.6 Å². The van der Waals surface area contributed by atoms with Crippen LogP contribution >= 0.6 is 11.8 Å². The van der Waals surface area contributed by atoms with E-state index >= 15 is 0 Å². The van der Waals surface area contributed by atoms with Gasteiger partial charge in [0.1, 0.15) is 17.6 Å². The summed E-state index contributed by atoms with van der Waals surface area (Å²) in [6, 6.07) is 18.7. The fourth-order valence-electron chi connectivity index (χ4n) is 3.48. The van der Waals surface area contributed by atoms with Crippen LogP contribution in [0.2, 0.25) is 0 Å². The van der Waals surface area contributed by atoms with Gasteiger partial charge in [-0.15, -0.1) is 10.2 Å². The Morgan fingerprint density at radius 3 is 2.64 bits per heavy atom. The van der Waals surface area contributed by atoms with Crippen LogP contribution in [0.5, 0.6) is 11.5 Å². The Morgan fingerprint density at radius 2 is 1.88 bits per heavy atom. The summed E-state index contributed by atoms with van der Waals surface area (Å²) < 4.78 is 18.8. The third-order valence-electron chi connectivity index (χ3n) is 5.11. The molecule has 3 heterocycles. The lowest BCUT2D eigenvalue weighted by Crippen LogP contribution is -2.24. The van der Waals surface area contributed by atoms with Crippen molar-refractivity contribution in [3.8, 4) is 11.5 Å². The van der Waals surface area contributed by atoms with Gasteiger partial charge in [-0.1, -0.05) is 59.4 Å². The molecule has 2 aromatic carbocycles. The maximum absolute atomic E-state index is 13.2. The van der Waals surface area contributed by atoms with E-state index in [0.717, 1.165) is 5.56 Å². The first-order valence-electron chi connectivity index (χ1n) is 10.3. The Hall–Kier alpha value is -3.79. The number of fused-ring (bicyclic) bond motifs is 1. The fourth-order valence-corrected chi connectivity index (χ4v) is 4.49. The van der Waals surface area contributed by atoms with Crippen molar-refractivity contribution in [1.29, 1.82) is 0 Å². The van der Waals surface area contributed by atoms with Crippen LogP contribution in [0, 0.1) is 6.92 Å². The number of hydrogen-bond donors (Lipinski definition) is 1. The predicted octanol–water partition coefficient (Wildman–Crippen LogP) is 4.10. The molecule has 33 heavy (non-hydrogen) atoms. The maximum atomic E-state index is 13.2. The number of carbonyl (C=O) groups is 1. The number of aryl methyl sites for hydroxylation is 1. The Balaban J connectivity index is 1.38. The highest BCUT2D eigenvalue weighted by Gasteiger charge is 2.30. The molecule has 0 spiro atoms. The van der Waals surface area contributed by atoms with Gasteiger partial charge >= 0.3 is 0 Å². The molecule has 168 valence electrons. The molecule has 1 amide bonds. The minimum atomic E-state index is -0.580. The molecule has 0 fully saturated rings. The van der Waals surface area contributed by atoms with Crippen LogP contribution in [-0.2, 0) is 11.8 Å². The van der Waals surface area contributed by atoms with E-state index in [9.17, 15) is 4.79 Å². The SMILES string of the molecule is Cc1cc(NC(=O)[C@@H](Sc2nnc([C@H]3COc4ccccc4O3)n2C)c2ccccc2)no1. The van der Waals surface area contributed by atoms with Crippen molar-refractivity contribution < 1.29 is 18.8 Å². The lowest BCUT2D eigenvalue weighted by atomic mass is 10.1. The molecule has 5 rings (SSSR count). The van der Waals surface area contributed by atoms with Crippen LogP contribution in [0.1, 0.15) is 28.5 Å². The number of amides is 1. The molecule has 1 aliphatic heterocycles. The first kappa shape index (κ1) is 21.1. The summed E-state index contributed by atoms with van der Waals surface area (Å²) in [5, 5.41) is 15.3. The topological polar surface area (TPSA) is 104 Å². The van der Waals surface area contributed by atoms with Crippen molar-refractivity contribution in [2.75, 3.05) is 11.9 Å². The van der Waals surface area contributed by atoms with Gasteiger partial charge < -0.3 is 23.9 Å². The van der Waals surface area contributed by atoms with Crippen molar-refractivity contribution >= 4 is 23.5 Å². The molecule has 2 aromatic heterocycles. The molecule has 10 heteroatoms. The summed E-state index contributed by atoms with van der Waals surface area (Å²) in [4.78, 5) is 13.2. The van der Waals surface area contributed by atoms with E-state index in [-0.39, 0.29) is 5.91 Å². The number of para-hydroxylation sites is 2. The van der Waals surface area contributed by atoms with Gasteiger partial charge in [-0.2, -0.15) is 0 Å². The number of nitrogens with zero attached hydrogens (tertiary/aromatic N) is 4. The zero-order valence-corrected chi connectivity index (χ0v) is 18.8. The number of rotatable bonds is 6. The number of anilines is 1. The van der Waals surface area contributed by atoms with Crippen LogP contribution in [-0.4, -0.2) is 32.4 Å². The van der Waals surface area contributed by atoms with Gasteiger partial charge in [0.05, 0.1) is 0 Å². The second kappa shape index (κ2) is 8.99. The summed E-state index contributed by atoms with van der Waals surface area (Å²) in [5.74, 6) is 2.72. The summed E-state index contributed by atoms with van der Waals surface area (Å²) in [7, 11) is 1.85. The lowest BCUT2D eigenvalue weighted by Gasteiger charge is -2.25. The average molecular weight is 464 g/mol. The first-order chi connectivity index (χ1) is 16.1. The Bertz CT molecular complexity index is 1270. The summed E-state index contributed by atoms with van der Waals surface area (Å²) in [6.07, 6.45) is -0.408. The zero-order valence-electron chi connectivity index (χ0n) is 18.0. The molecule has 0 unspecified atom stereocenters. The Kier molecular flexibility index (Phi) is 5.74. The molecular formula is C23H21N5O4S. The third kappa shape index (κ3) is 4.42. The molecule has 0 saturated carbocycles. The standard InChI is InChI=1S/C23H21N5O4S/c1-14-12-19(27-32-14)24-22(29)20(15-8-4-3-5-9-15)33-23-26-25-21(28(23)2)18-13-30-16-10-6-7-11-17(16)31-18/h3-12,18,20H,13H2,1-2H3,(H,24,27,29)/t18-,20+/m1/s1. The molecular weight excluding hydrogens is 442 g/mol. The van der Waals surface area contributed by atoms with Gasteiger partial charge in [0.2, 0.25) is 5.91 Å². The van der Waals surface area contributed by atoms with Crippen molar-refractivity contribution in [2.45, 2.75) is 23.4 Å². The van der Waals surface area contributed by atoms with E-state index in [2.05, 4.69) is 20.7 Å². The largest absolute Gasteiger partial charge is 0.485 e. The number of nitrogens with one attached hydrogen (secondary N) is 1. The minimum Gasteiger partial charge on any atom is -0.485 e. The van der Waals surface area contributed by atoms with Crippen molar-refractivity contribution in [1.82, 2.24) is 19.9 Å². The molecule has 4 aromatic rings. The van der Waals surface area contributed by atoms with Gasteiger partial charge in [0.25, 0.3) is 0 Å². The van der Waals surface area contributed by atoms with E-state index in [1.54, 1.807) is 13.0 Å². The Morgan fingerprint density at radius 1 is 1.12 bits per heavy atom. The highest BCUT2D eigenvalue weighted by molar-refractivity contribution is 8.00. The van der Waals surface area contributed by atoms with Gasteiger partial charge in [0.15, 0.2) is 34.4 Å². The van der Waals surface area contributed by atoms with Gasteiger partial charge in [0, 0.05) is 13.1 Å². The third-order valence-corrected chi connectivity index (χ3v) is 6.40. The van der Waals surface area contributed by atoms with Gasteiger partial charge in [-0.3, -0.25) is 4.79 Å². The maximum Gasteiger partial charge on any atom is 0.243 e. The van der Waals surface area contributed by atoms with Crippen molar-refractivity contribution in [2.24, 2.45) is 7.05 Å². The summed E-state index contributed by atoms with van der Waals surface area (Å²) in [6.45, 7) is 2.09. The molecule has 9 nitrogen and oxygen atoms in total. The lowest BCUT2D eigenvalue weighted by molar-refractivity contribution is -0.115. The molecule has 0 saturated heterocycles. The molecule has 2 atom stereocenters. The summed E-state index contributed by atoms with van der Waals surface area (Å²) in [5.41, 5.74) is 0.830. The van der Waals surface area contributed by atoms with E-state index < -0.39 is 11.4 Å². The fraction of sp³-hybridized carbons (Fsp3) is 0.217. The van der Waals surface area contributed by atoms with E-state index in [1.807, 2.05) is 66.2 Å². The first-order valence-corrected chi connectivity index (χ1v) is 11.2. The molecule has 0 radical (unpaired) electrons. The quantitative estimate of drug-likeness (QED) is 0.426. The molecule has 1 aliphatic rings. The van der Waals surface area contributed by atoms with Crippen molar-refractivity contribution in [3.63, 3.8) is 0 Å². The second-order valence-electron chi connectivity index (χ2n) is 7.48. The van der Waals surface area contributed by atoms with Gasteiger partial charge in [-0.25, -0.2) is 0 Å². The minimum absolute atomic E-state index is 0.241. The average Bonchev–Trinajstić information content (AvgIpc) is 3.42. The second-order valence-corrected chi connectivity index (χ2v) is 8.56. The number of aromatic nitrogens is 4. The predicted molar refractivity (Wildman–Crippen MR) is 121 cm³/mol. The zero-order chi connectivity index (χ0) is 22.8. The molecule has 0 aliphatic carbocycles. The molecule has 1 N–H and O–H groups in total. The van der Waals surface area contributed by atoms with Crippen LogP contribution in [0.3, 0.4) is 0 Å². The highest BCUT2D eigenvalue weighted by Crippen LogP contribution is 2.38. The highest BCUT2D eigenvalue weighted by atomic mass is 32.2. The number of benzene rings is 2. The van der Waals surface area contributed by atoms with Crippen molar-refractivity contribution in [3.05, 3.63) is 77.8 Å².